The Morgan fingerprint density at radius 1 is 0.923 bits per heavy atom. The second-order valence-electron chi connectivity index (χ2n) is 7.00. The van der Waals surface area contributed by atoms with Crippen LogP contribution in [0.25, 0.3) is 10.8 Å². The summed E-state index contributed by atoms with van der Waals surface area (Å²) in [7, 11) is 0. The summed E-state index contributed by atoms with van der Waals surface area (Å²) in [5.41, 5.74) is 3.56. The Balaban J connectivity index is 1.68. The van der Waals surface area contributed by atoms with Crippen molar-refractivity contribution < 1.29 is 4.79 Å². The number of benzene rings is 3. The van der Waals surface area contributed by atoms with Gasteiger partial charge in [0.15, 0.2) is 0 Å². The highest BCUT2D eigenvalue weighted by Crippen LogP contribution is 2.20. The average molecular weight is 345 g/mol. The molecule has 3 aromatic rings. The molecule has 1 atom stereocenters. The molecule has 2 heteroatoms. The van der Waals surface area contributed by atoms with Crippen molar-refractivity contribution >= 4 is 16.7 Å². The standard InChI is InChI=1S/C24H27NO/c1-3-4-8-19-11-13-22-14-12-20(16-23(22)15-19)17-24(26)25-18(2)21-9-6-5-7-10-21/h5-7,9-16,18H,3-4,8,17H2,1-2H3,(H,25,26). The van der Waals surface area contributed by atoms with E-state index >= 15 is 0 Å². The summed E-state index contributed by atoms with van der Waals surface area (Å²) in [5, 5.41) is 5.54. The van der Waals surface area contributed by atoms with Crippen LogP contribution in [0.5, 0.6) is 0 Å². The van der Waals surface area contributed by atoms with Gasteiger partial charge in [0, 0.05) is 0 Å². The molecule has 1 amide bonds. The zero-order valence-electron chi connectivity index (χ0n) is 15.7. The molecule has 2 nitrogen and oxygen atoms in total. The second-order valence-corrected chi connectivity index (χ2v) is 7.00. The third-order valence-corrected chi connectivity index (χ3v) is 4.83. The van der Waals surface area contributed by atoms with Crippen molar-refractivity contribution in [3.8, 4) is 0 Å². The van der Waals surface area contributed by atoms with Crippen molar-refractivity contribution in [2.75, 3.05) is 0 Å². The molecular weight excluding hydrogens is 318 g/mol. The van der Waals surface area contributed by atoms with Gasteiger partial charge in [0.2, 0.25) is 5.91 Å². The van der Waals surface area contributed by atoms with Crippen LogP contribution in [0.3, 0.4) is 0 Å². The van der Waals surface area contributed by atoms with Gasteiger partial charge in [-0.1, -0.05) is 80.1 Å². The van der Waals surface area contributed by atoms with E-state index in [9.17, 15) is 4.79 Å². The average Bonchev–Trinajstić information content (AvgIpc) is 2.66. The van der Waals surface area contributed by atoms with Gasteiger partial charge in [-0.05, 0) is 47.2 Å². The van der Waals surface area contributed by atoms with E-state index in [0.29, 0.717) is 6.42 Å². The first kappa shape index (κ1) is 18.2. The predicted octanol–water partition coefficient (Wildman–Crippen LogP) is 5.60. The normalized spacial score (nSPS) is 12.1. The molecule has 26 heavy (non-hydrogen) atoms. The van der Waals surface area contributed by atoms with Crippen LogP contribution in [-0.2, 0) is 17.6 Å². The van der Waals surface area contributed by atoms with Crippen molar-refractivity contribution in [2.45, 2.75) is 45.6 Å². The molecule has 0 radical (unpaired) electrons. The maximum atomic E-state index is 12.4. The van der Waals surface area contributed by atoms with E-state index in [1.165, 1.54) is 29.2 Å². The molecular formula is C24H27NO. The number of aryl methyl sites for hydroxylation is 1. The number of hydrogen-bond acceptors (Lipinski definition) is 1. The van der Waals surface area contributed by atoms with Gasteiger partial charge in [-0.15, -0.1) is 0 Å². The summed E-state index contributed by atoms with van der Waals surface area (Å²) < 4.78 is 0. The third-order valence-electron chi connectivity index (χ3n) is 4.83. The molecule has 0 heterocycles. The summed E-state index contributed by atoms with van der Waals surface area (Å²) >= 11 is 0. The first-order valence-corrected chi connectivity index (χ1v) is 9.51. The van der Waals surface area contributed by atoms with Gasteiger partial charge in [-0.3, -0.25) is 4.79 Å². The van der Waals surface area contributed by atoms with E-state index < -0.39 is 0 Å². The Bertz CT molecular complexity index is 870. The van der Waals surface area contributed by atoms with Gasteiger partial charge in [0.05, 0.1) is 12.5 Å². The zero-order valence-corrected chi connectivity index (χ0v) is 15.7. The summed E-state index contributed by atoms with van der Waals surface area (Å²) in [6, 6.07) is 23.1. The monoisotopic (exact) mass is 345 g/mol. The largest absolute Gasteiger partial charge is 0.349 e. The Morgan fingerprint density at radius 2 is 1.62 bits per heavy atom. The van der Waals surface area contributed by atoms with Gasteiger partial charge < -0.3 is 5.32 Å². The Kier molecular flexibility index (Phi) is 6.06. The van der Waals surface area contributed by atoms with E-state index in [2.05, 4.69) is 48.6 Å². The van der Waals surface area contributed by atoms with Crippen LogP contribution in [0.2, 0.25) is 0 Å². The number of hydrogen-bond donors (Lipinski definition) is 1. The molecule has 0 bridgehead atoms. The summed E-state index contributed by atoms with van der Waals surface area (Å²) in [6.07, 6.45) is 3.95. The predicted molar refractivity (Wildman–Crippen MR) is 109 cm³/mol. The van der Waals surface area contributed by atoms with Crippen molar-refractivity contribution in [2.24, 2.45) is 0 Å². The third kappa shape index (κ3) is 4.72. The summed E-state index contributed by atoms with van der Waals surface area (Å²) in [5.74, 6) is 0.0582. The molecule has 0 aliphatic rings. The van der Waals surface area contributed by atoms with Crippen LogP contribution in [-0.4, -0.2) is 5.91 Å². The number of carbonyl (C=O) groups excluding carboxylic acids is 1. The maximum absolute atomic E-state index is 12.4. The molecule has 0 spiro atoms. The molecule has 3 rings (SSSR count). The highest BCUT2D eigenvalue weighted by molar-refractivity contribution is 5.86. The van der Waals surface area contributed by atoms with Crippen LogP contribution >= 0.6 is 0 Å². The number of carbonyl (C=O) groups is 1. The van der Waals surface area contributed by atoms with E-state index in [4.69, 9.17) is 0 Å². The van der Waals surface area contributed by atoms with E-state index in [1.807, 2.05) is 37.3 Å². The van der Waals surface area contributed by atoms with Crippen LogP contribution < -0.4 is 5.32 Å². The number of amides is 1. The molecule has 3 aromatic carbocycles. The van der Waals surface area contributed by atoms with Crippen molar-refractivity contribution in [3.63, 3.8) is 0 Å². The van der Waals surface area contributed by atoms with Gasteiger partial charge in [0.25, 0.3) is 0 Å². The van der Waals surface area contributed by atoms with Crippen LogP contribution in [0.15, 0.2) is 66.7 Å². The molecule has 0 aliphatic carbocycles. The first-order chi connectivity index (χ1) is 12.7. The lowest BCUT2D eigenvalue weighted by molar-refractivity contribution is -0.121. The number of unbranched alkanes of at least 4 members (excludes halogenated alkanes) is 1. The number of fused-ring (bicyclic) bond motifs is 1. The van der Waals surface area contributed by atoms with Crippen LogP contribution in [0, 0.1) is 0 Å². The first-order valence-electron chi connectivity index (χ1n) is 9.51. The van der Waals surface area contributed by atoms with E-state index in [1.54, 1.807) is 0 Å². The molecule has 1 unspecified atom stereocenters. The zero-order chi connectivity index (χ0) is 18.4. The van der Waals surface area contributed by atoms with Crippen molar-refractivity contribution in [3.05, 3.63) is 83.4 Å². The van der Waals surface area contributed by atoms with Gasteiger partial charge in [-0.25, -0.2) is 0 Å². The minimum absolute atomic E-state index is 0.0183. The topological polar surface area (TPSA) is 29.1 Å². The molecule has 0 fully saturated rings. The SMILES string of the molecule is CCCCc1ccc2ccc(CC(=O)NC(C)c3ccccc3)cc2c1. The second kappa shape index (κ2) is 8.66. The fraction of sp³-hybridized carbons (Fsp3) is 0.292. The van der Waals surface area contributed by atoms with Crippen molar-refractivity contribution in [1.29, 1.82) is 0 Å². The lowest BCUT2D eigenvalue weighted by Crippen LogP contribution is -2.28. The van der Waals surface area contributed by atoms with Gasteiger partial charge in [0.1, 0.15) is 0 Å². The number of nitrogens with one attached hydrogen (secondary N) is 1. The molecule has 134 valence electrons. The lowest BCUT2D eigenvalue weighted by Gasteiger charge is -2.14. The lowest BCUT2D eigenvalue weighted by atomic mass is 10.00. The fourth-order valence-electron chi connectivity index (χ4n) is 3.29. The van der Waals surface area contributed by atoms with E-state index in [0.717, 1.165) is 17.5 Å². The molecule has 1 N–H and O–H groups in total. The Hall–Kier alpha value is -2.61. The Labute approximate surface area is 156 Å². The fourth-order valence-corrected chi connectivity index (χ4v) is 3.29. The van der Waals surface area contributed by atoms with E-state index in [-0.39, 0.29) is 11.9 Å². The highest BCUT2D eigenvalue weighted by atomic mass is 16.1. The van der Waals surface area contributed by atoms with Crippen LogP contribution in [0.1, 0.15) is 49.4 Å². The van der Waals surface area contributed by atoms with Gasteiger partial charge >= 0.3 is 0 Å². The van der Waals surface area contributed by atoms with Gasteiger partial charge in [-0.2, -0.15) is 0 Å². The van der Waals surface area contributed by atoms with Crippen LogP contribution in [0.4, 0.5) is 0 Å². The Morgan fingerprint density at radius 3 is 2.35 bits per heavy atom. The molecule has 0 aromatic heterocycles. The molecule has 0 saturated heterocycles. The summed E-state index contributed by atoms with van der Waals surface area (Å²) in [6.45, 7) is 4.24. The quantitative estimate of drug-likeness (QED) is 0.593. The smallest absolute Gasteiger partial charge is 0.224 e. The number of rotatable bonds is 7. The van der Waals surface area contributed by atoms with Crippen molar-refractivity contribution in [1.82, 2.24) is 5.32 Å². The minimum Gasteiger partial charge on any atom is -0.349 e. The molecule has 0 saturated carbocycles. The maximum Gasteiger partial charge on any atom is 0.224 e. The minimum atomic E-state index is 0.0183. The highest BCUT2D eigenvalue weighted by Gasteiger charge is 2.10. The molecule has 0 aliphatic heterocycles. The summed E-state index contributed by atoms with van der Waals surface area (Å²) in [4.78, 5) is 12.4.